The summed E-state index contributed by atoms with van der Waals surface area (Å²) in [5, 5.41) is 8.84. The SMILES string of the molecule is CC.CC1=CC=C(O)CC1. The lowest BCUT2D eigenvalue weighted by molar-refractivity contribution is 0.386. The maximum Gasteiger partial charge on any atom is 0.0925 e. The lowest BCUT2D eigenvalue weighted by Crippen LogP contribution is -1.88. The Bertz CT molecular complexity index is 125. The largest absolute Gasteiger partial charge is 0.512 e. The third-order valence-corrected chi connectivity index (χ3v) is 1.34. The number of aliphatic hydroxyl groups excluding tert-OH is 1. The fourth-order valence-electron chi connectivity index (χ4n) is 0.730. The van der Waals surface area contributed by atoms with Gasteiger partial charge in [0.05, 0.1) is 5.76 Å². The molecule has 1 aliphatic rings. The zero-order chi connectivity index (χ0) is 7.98. The van der Waals surface area contributed by atoms with Crippen molar-refractivity contribution < 1.29 is 5.11 Å². The number of aliphatic hydroxyl groups is 1. The molecule has 58 valence electrons. The quantitative estimate of drug-likeness (QED) is 0.548. The van der Waals surface area contributed by atoms with Crippen molar-refractivity contribution >= 4 is 0 Å². The van der Waals surface area contributed by atoms with E-state index < -0.39 is 0 Å². The van der Waals surface area contributed by atoms with Crippen molar-refractivity contribution in [3.05, 3.63) is 23.5 Å². The van der Waals surface area contributed by atoms with Crippen LogP contribution < -0.4 is 0 Å². The summed E-state index contributed by atoms with van der Waals surface area (Å²) < 4.78 is 0. The van der Waals surface area contributed by atoms with Crippen LogP contribution in [0.15, 0.2) is 23.5 Å². The summed E-state index contributed by atoms with van der Waals surface area (Å²) in [6, 6.07) is 0. The standard InChI is InChI=1S/C7H10O.C2H6/c1-6-2-4-7(8)5-3-6;1-2/h2,4,8H,3,5H2,1H3;1-2H3. The first-order valence-electron chi connectivity index (χ1n) is 3.84. The predicted molar refractivity (Wildman–Crippen MR) is 45.1 cm³/mol. The molecule has 1 heteroatoms. The molecule has 0 aliphatic heterocycles. The Kier molecular flexibility index (Phi) is 4.73. The van der Waals surface area contributed by atoms with Gasteiger partial charge in [-0.25, -0.2) is 0 Å². The number of allylic oxidation sites excluding steroid dienone is 4. The molecule has 1 rings (SSSR count). The lowest BCUT2D eigenvalue weighted by Gasteiger charge is -2.04. The van der Waals surface area contributed by atoms with E-state index in [1.807, 2.05) is 19.9 Å². The minimum Gasteiger partial charge on any atom is -0.512 e. The highest BCUT2D eigenvalue weighted by Gasteiger charge is 1.98. The second-order valence-corrected chi connectivity index (χ2v) is 2.17. The summed E-state index contributed by atoms with van der Waals surface area (Å²) in [5.74, 6) is 0.510. The van der Waals surface area contributed by atoms with E-state index in [0.29, 0.717) is 5.76 Å². The third-order valence-electron chi connectivity index (χ3n) is 1.34. The minimum atomic E-state index is 0.510. The highest BCUT2D eigenvalue weighted by Crippen LogP contribution is 2.14. The van der Waals surface area contributed by atoms with Crippen molar-refractivity contribution in [2.75, 3.05) is 0 Å². The van der Waals surface area contributed by atoms with Gasteiger partial charge in [0, 0.05) is 6.42 Å². The average molecular weight is 140 g/mol. The normalized spacial score (nSPS) is 16.3. The average Bonchev–Trinajstić information content (AvgIpc) is 2.00. The van der Waals surface area contributed by atoms with Crippen LogP contribution in [0.4, 0.5) is 0 Å². The van der Waals surface area contributed by atoms with E-state index >= 15 is 0 Å². The molecule has 0 saturated carbocycles. The summed E-state index contributed by atoms with van der Waals surface area (Å²) >= 11 is 0. The molecule has 0 amide bonds. The van der Waals surface area contributed by atoms with Gasteiger partial charge in [0.15, 0.2) is 0 Å². The zero-order valence-corrected chi connectivity index (χ0v) is 7.02. The minimum absolute atomic E-state index is 0.510. The van der Waals surface area contributed by atoms with Crippen LogP contribution in [0.1, 0.15) is 33.6 Å². The number of hydrogen-bond acceptors (Lipinski definition) is 1. The van der Waals surface area contributed by atoms with E-state index in [9.17, 15) is 0 Å². The van der Waals surface area contributed by atoms with Crippen molar-refractivity contribution in [2.45, 2.75) is 33.6 Å². The summed E-state index contributed by atoms with van der Waals surface area (Å²) in [6.45, 7) is 6.07. The Morgan fingerprint density at radius 2 is 1.80 bits per heavy atom. The maximum atomic E-state index is 8.84. The molecule has 10 heavy (non-hydrogen) atoms. The van der Waals surface area contributed by atoms with Gasteiger partial charge in [-0.05, 0) is 19.4 Å². The molecule has 0 saturated heterocycles. The van der Waals surface area contributed by atoms with E-state index in [0.717, 1.165) is 12.8 Å². The van der Waals surface area contributed by atoms with Crippen LogP contribution in [0, 0.1) is 0 Å². The van der Waals surface area contributed by atoms with Gasteiger partial charge in [-0.15, -0.1) is 0 Å². The first kappa shape index (κ1) is 9.28. The van der Waals surface area contributed by atoms with Gasteiger partial charge in [-0.3, -0.25) is 0 Å². The Morgan fingerprint density at radius 3 is 2.10 bits per heavy atom. The topological polar surface area (TPSA) is 20.2 Å². The molecule has 0 bridgehead atoms. The molecule has 0 aromatic heterocycles. The molecular formula is C9H16O. The molecule has 0 fully saturated rings. The molecule has 0 spiro atoms. The Hall–Kier alpha value is -0.720. The van der Waals surface area contributed by atoms with Crippen LogP contribution >= 0.6 is 0 Å². The van der Waals surface area contributed by atoms with Crippen LogP contribution in [0.3, 0.4) is 0 Å². The second kappa shape index (κ2) is 5.10. The molecule has 1 aliphatic carbocycles. The van der Waals surface area contributed by atoms with E-state index in [-0.39, 0.29) is 0 Å². The number of rotatable bonds is 0. The molecule has 1 N–H and O–H groups in total. The Labute approximate surface area is 63.1 Å². The molecule has 0 unspecified atom stereocenters. The summed E-state index contributed by atoms with van der Waals surface area (Å²) in [7, 11) is 0. The monoisotopic (exact) mass is 140 g/mol. The van der Waals surface area contributed by atoms with Crippen molar-refractivity contribution in [1.29, 1.82) is 0 Å². The summed E-state index contributed by atoms with van der Waals surface area (Å²) in [6.07, 6.45) is 5.56. The van der Waals surface area contributed by atoms with Gasteiger partial charge in [0.2, 0.25) is 0 Å². The second-order valence-electron chi connectivity index (χ2n) is 2.17. The summed E-state index contributed by atoms with van der Waals surface area (Å²) in [4.78, 5) is 0. The van der Waals surface area contributed by atoms with Gasteiger partial charge in [0.1, 0.15) is 0 Å². The lowest BCUT2D eigenvalue weighted by atomic mass is 10.1. The molecule has 0 radical (unpaired) electrons. The third kappa shape index (κ3) is 3.33. The zero-order valence-electron chi connectivity index (χ0n) is 7.02. The smallest absolute Gasteiger partial charge is 0.0925 e. The first-order valence-corrected chi connectivity index (χ1v) is 3.84. The molecule has 0 atom stereocenters. The van der Waals surface area contributed by atoms with E-state index in [1.54, 1.807) is 6.08 Å². The van der Waals surface area contributed by atoms with E-state index in [1.165, 1.54) is 5.57 Å². The first-order chi connectivity index (χ1) is 4.79. The fourth-order valence-corrected chi connectivity index (χ4v) is 0.730. The van der Waals surface area contributed by atoms with E-state index in [2.05, 4.69) is 6.92 Å². The Morgan fingerprint density at radius 1 is 1.20 bits per heavy atom. The van der Waals surface area contributed by atoms with Gasteiger partial charge < -0.3 is 5.11 Å². The van der Waals surface area contributed by atoms with Gasteiger partial charge in [-0.2, -0.15) is 0 Å². The van der Waals surface area contributed by atoms with Crippen LogP contribution in [0.5, 0.6) is 0 Å². The van der Waals surface area contributed by atoms with Gasteiger partial charge in [-0.1, -0.05) is 25.5 Å². The molecule has 0 aromatic carbocycles. The van der Waals surface area contributed by atoms with Crippen molar-refractivity contribution in [1.82, 2.24) is 0 Å². The highest BCUT2D eigenvalue weighted by atomic mass is 16.3. The van der Waals surface area contributed by atoms with Gasteiger partial charge in [0.25, 0.3) is 0 Å². The molecular weight excluding hydrogens is 124 g/mol. The maximum absolute atomic E-state index is 8.84. The van der Waals surface area contributed by atoms with Crippen LogP contribution in [0.25, 0.3) is 0 Å². The summed E-state index contributed by atoms with van der Waals surface area (Å²) in [5.41, 5.74) is 1.35. The highest BCUT2D eigenvalue weighted by molar-refractivity contribution is 5.18. The fraction of sp³-hybridized carbons (Fsp3) is 0.556. The molecule has 0 heterocycles. The van der Waals surface area contributed by atoms with Crippen LogP contribution in [-0.2, 0) is 0 Å². The Balaban J connectivity index is 0.000000371. The molecule has 0 aromatic rings. The number of hydrogen-bond donors (Lipinski definition) is 1. The van der Waals surface area contributed by atoms with Crippen molar-refractivity contribution in [3.8, 4) is 0 Å². The van der Waals surface area contributed by atoms with Crippen LogP contribution in [-0.4, -0.2) is 5.11 Å². The van der Waals surface area contributed by atoms with Crippen molar-refractivity contribution in [3.63, 3.8) is 0 Å². The predicted octanol–water partition coefficient (Wildman–Crippen LogP) is 3.19. The van der Waals surface area contributed by atoms with Gasteiger partial charge >= 0.3 is 0 Å². The van der Waals surface area contributed by atoms with E-state index in [4.69, 9.17) is 5.11 Å². The molecule has 1 nitrogen and oxygen atoms in total. The van der Waals surface area contributed by atoms with Crippen LogP contribution in [0.2, 0.25) is 0 Å². The van der Waals surface area contributed by atoms with Crippen molar-refractivity contribution in [2.24, 2.45) is 0 Å².